The second-order valence-corrected chi connectivity index (χ2v) is 7.78. The van der Waals surface area contributed by atoms with Crippen LogP contribution in [0.15, 0.2) is 18.7 Å². The van der Waals surface area contributed by atoms with Gasteiger partial charge in [0.05, 0.1) is 29.7 Å². The average molecular weight is 422 g/mol. The molecule has 0 unspecified atom stereocenters. The van der Waals surface area contributed by atoms with Gasteiger partial charge < -0.3 is 10.4 Å². The van der Waals surface area contributed by atoms with Gasteiger partial charge in [-0.15, -0.1) is 0 Å². The molecule has 1 aliphatic carbocycles. The molecule has 0 bridgehead atoms. The van der Waals surface area contributed by atoms with Gasteiger partial charge in [0, 0.05) is 19.2 Å². The number of hydrogen-bond acceptors (Lipinski definition) is 7. The number of nitrogens with zero attached hydrogens (tertiary/aromatic N) is 7. The van der Waals surface area contributed by atoms with Gasteiger partial charge in [-0.05, 0) is 26.7 Å². The molecule has 3 aromatic rings. The summed E-state index contributed by atoms with van der Waals surface area (Å²) in [6.07, 6.45) is 0.836. The summed E-state index contributed by atoms with van der Waals surface area (Å²) in [7, 11) is 1.75. The Kier molecular flexibility index (Phi) is 4.76. The molecule has 0 saturated heterocycles. The first-order chi connectivity index (χ1) is 14.1. The van der Waals surface area contributed by atoms with Crippen LogP contribution in [0.2, 0.25) is 0 Å². The lowest BCUT2D eigenvalue weighted by Crippen LogP contribution is -2.30. The van der Waals surface area contributed by atoms with Crippen molar-refractivity contribution in [2.75, 3.05) is 5.32 Å². The molecule has 4 rings (SSSR count). The highest BCUT2D eigenvalue weighted by Crippen LogP contribution is 2.45. The highest BCUT2D eigenvalue weighted by atomic mass is 19.4. The van der Waals surface area contributed by atoms with Crippen LogP contribution in [-0.4, -0.2) is 39.6 Å². The molecule has 3 aromatic heterocycles. The highest BCUT2D eigenvalue weighted by Gasteiger charge is 2.40. The second kappa shape index (κ2) is 7.04. The smallest absolute Gasteiger partial charge is 0.390 e. The molecule has 0 amide bonds. The molecule has 160 valence electrons. The van der Waals surface area contributed by atoms with Crippen LogP contribution in [-0.2, 0) is 25.4 Å². The summed E-state index contributed by atoms with van der Waals surface area (Å²) in [5.41, 5.74) is -0.851. The van der Waals surface area contributed by atoms with E-state index in [4.69, 9.17) is 0 Å². The van der Waals surface area contributed by atoms with E-state index in [0.717, 1.165) is 6.20 Å². The monoisotopic (exact) mass is 422 g/mol. The Balaban J connectivity index is 1.66. The number of aliphatic hydroxyl groups excluding tert-OH is 1. The van der Waals surface area contributed by atoms with Gasteiger partial charge in [-0.2, -0.15) is 23.4 Å². The lowest BCUT2D eigenvalue weighted by Gasteiger charge is -2.21. The molecule has 2 N–H and O–H groups in total. The lowest BCUT2D eigenvalue weighted by molar-refractivity contribution is -0.138. The van der Waals surface area contributed by atoms with Gasteiger partial charge >= 0.3 is 6.18 Å². The molecule has 12 heteroatoms. The van der Waals surface area contributed by atoms with E-state index in [0.29, 0.717) is 30.0 Å². The van der Waals surface area contributed by atoms with Crippen molar-refractivity contribution in [1.29, 1.82) is 0 Å². The van der Waals surface area contributed by atoms with Crippen LogP contribution in [0.1, 0.15) is 55.4 Å². The van der Waals surface area contributed by atoms with E-state index < -0.39 is 17.3 Å². The normalized spacial score (nSPS) is 14.9. The Bertz CT molecular complexity index is 1070. The molecular formula is C18H21F3N8O. The van der Waals surface area contributed by atoms with Gasteiger partial charge in [0.2, 0.25) is 5.95 Å². The minimum Gasteiger partial charge on any atom is -0.390 e. The van der Waals surface area contributed by atoms with Crippen molar-refractivity contribution in [1.82, 2.24) is 34.5 Å². The fraction of sp³-hybridized carbons (Fsp3) is 0.500. The molecule has 1 saturated carbocycles. The fourth-order valence-corrected chi connectivity index (χ4v) is 3.10. The summed E-state index contributed by atoms with van der Waals surface area (Å²) in [5.74, 6) is 0.331. The van der Waals surface area contributed by atoms with Crippen molar-refractivity contribution in [3.8, 4) is 0 Å². The maximum absolute atomic E-state index is 13.3. The van der Waals surface area contributed by atoms with Crippen LogP contribution in [0, 0.1) is 0 Å². The third-order valence-electron chi connectivity index (χ3n) is 4.99. The van der Waals surface area contributed by atoms with Crippen molar-refractivity contribution in [3.63, 3.8) is 0 Å². The predicted molar refractivity (Wildman–Crippen MR) is 99.9 cm³/mol. The molecule has 0 radical (unpaired) electrons. The Morgan fingerprint density at radius 1 is 1.20 bits per heavy atom. The van der Waals surface area contributed by atoms with Gasteiger partial charge in [-0.25, -0.2) is 15.0 Å². The maximum atomic E-state index is 13.3. The first kappa shape index (κ1) is 20.3. The number of aliphatic hydroxyl groups is 1. The maximum Gasteiger partial charge on any atom is 0.419 e. The Morgan fingerprint density at radius 2 is 1.93 bits per heavy atom. The summed E-state index contributed by atoms with van der Waals surface area (Å²) in [4.78, 5) is 12.2. The Morgan fingerprint density at radius 3 is 2.50 bits per heavy atom. The highest BCUT2D eigenvalue weighted by molar-refractivity contribution is 5.56. The minimum atomic E-state index is -4.50. The number of halogens is 3. The molecule has 0 aromatic carbocycles. The van der Waals surface area contributed by atoms with E-state index in [1.54, 1.807) is 28.9 Å². The standard InChI is InChI=1S/C18H21F3N8O/c1-17(2,15-23-9-28(3)27-15)29-7-12(13(8-30)26-29)24-16-22-6-11(18(19,20)21)14(25-16)10-4-5-10/h6-7,9-10,30H,4-5,8H2,1-3H3,(H,22,24,25). The van der Waals surface area contributed by atoms with Crippen LogP contribution < -0.4 is 5.32 Å². The van der Waals surface area contributed by atoms with Crippen molar-refractivity contribution in [2.24, 2.45) is 7.05 Å². The predicted octanol–water partition coefficient (Wildman–Crippen LogP) is 2.72. The van der Waals surface area contributed by atoms with Crippen LogP contribution in [0.5, 0.6) is 0 Å². The van der Waals surface area contributed by atoms with Gasteiger partial charge in [0.25, 0.3) is 0 Å². The lowest BCUT2D eigenvalue weighted by atomic mass is 10.1. The minimum absolute atomic E-state index is 0.00374. The number of hydrogen-bond donors (Lipinski definition) is 2. The van der Waals surface area contributed by atoms with Crippen LogP contribution >= 0.6 is 0 Å². The second-order valence-electron chi connectivity index (χ2n) is 7.78. The summed E-state index contributed by atoms with van der Waals surface area (Å²) in [6.45, 7) is 3.34. The molecule has 0 aliphatic heterocycles. The zero-order valence-electron chi connectivity index (χ0n) is 16.6. The van der Waals surface area contributed by atoms with E-state index in [-0.39, 0.29) is 24.2 Å². The van der Waals surface area contributed by atoms with E-state index in [1.807, 2.05) is 13.8 Å². The van der Waals surface area contributed by atoms with E-state index >= 15 is 0 Å². The van der Waals surface area contributed by atoms with E-state index in [2.05, 4.69) is 30.5 Å². The van der Waals surface area contributed by atoms with Gasteiger partial charge in [0.1, 0.15) is 17.6 Å². The van der Waals surface area contributed by atoms with Crippen LogP contribution in [0.4, 0.5) is 24.8 Å². The third kappa shape index (κ3) is 3.74. The fourth-order valence-electron chi connectivity index (χ4n) is 3.10. The zero-order valence-corrected chi connectivity index (χ0v) is 16.6. The third-order valence-corrected chi connectivity index (χ3v) is 4.99. The van der Waals surface area contributed by atoms with Crippen molar-refractivity contribution in [3.05, 3.63) is 41.5 Å². The van der Waals surface area contributed by atoms with Crippen molar-refractivity contribution in [2.45, 2.75) is 50.9 Å². The van der Waals surface area contributed by atoms with Crippen LogP contribution in [0.3, 0.4) is 0 Å². The number of rotatable bonds is 6. The molecule has 1 fully saturated rings. The van der Waals surface area contributed by atoms with Crippen molar-refractivity contribution < 1.29 is 18.3 Å². The molecule has 0 spiro atoms. The number of anilines is 2. The van der Waals surface area contributed by atoms with E-state index in [9.17, 15) is 18.3 Å². The molecule has 30 heavy (non-hydrogen) atoms. The van der Waals surface area contributed by atoms with E-state index in [1.165, 1.54) is 0 Å². The Labute approximate surface area is 170 Å². The van der Waals surface area contributed by atoms with Crippen LogP contribution in [0.25, 0.3) is 0 Å². The summed E-state index contributed by atoms with van der Waals surface area (Å²) < 4.78 is 42.9. The summed E-state index contributed by atoms with van der Waals surface area (Å²) in [6, 6.07) is 0. The molecular weight excluding hydrogens is 401 g/mol. The quantitative estimate of drug-likeness (QED) is 0.629. The molecule has 9 nitrogen and oxygen atoms in total. The molecule has 3 heterocycles. The SMILES string of the molecule is Cn1cnc(C(C)(C)n2cc(Nc3ncc(C(F)(F)F)c(C4CC4)n3)c(CO)n2)n1. The topological polar surface area (TPSA) is 107 Å². The number of aryl methyl sites for hydroxylation is 1. The molecule has 0 atom stereocenters. The first-order valence-electron chi connectivity index (χ1n) is 9.36. The summed E-state index contributed by atoms with van der Waals surface area (Å²) in [5, 5.41) is 21.3. The first-order valence-corrected chi connectivity index (χ1v) is 9.36. The number of nitrogens with one attached hydrogen (secondary N) is 1. The van der Waals surface area contributed by atoms with Gasteiger partial charge in [-0.1, -0.05) is 0 Å². The van der Waals surface area contributed by atoms with Gasteiger partial charge in [-0.3, -0.25) is 9.36 Å². The Hall–Kier alpha value is -3.02. The zero-order chi connectivity index (χ0) is 21.7. The number of alkyl halides is 3. The van der Waals surface area contributed by atoms with Gasteiger partial charge in [0.15, 0.2) is 5.82 Å². The summed E-state index contributed by atoms with van der Waals surface area (Å²) >= 11 is 0. The number of aromatic nitrogens is 7. The largest absolute Gasteiger partial charge is 0.419 e. The average Bonchev–Trinajstić information content (AvgIpc) is 3.30. The molecule has 1 aliphatic rings. The van der Waals surface area contributed by atoms with Crippen molar-refractivity contribution >= 4 is 11.6 Å².